The minimum atomic E-state index is -3.72. The molecule has 0 unspecified atom stereocenters. The Balaban J connectivity index is 1.51. The zero-order valence-corrected chi connectivity index (χ0v) is 15.7. The maximum atomic E-state index is 12.9. The van der Waals surface area contributed by atoms with Crippen molar-refractivity contribution in [2.75, 3.05) is 13.2 Å². The highest BCUT2D eigenvalue weighted by Crippen LogP contribution is 2.15. The molecule has 144 valence electrons. The van der Waals surface area contributed by atoms with Crippen molar-refractivity contribution in [3.8, 4) is 5.75 Å². The van der Waals surface area contributed by atoms with Crippen molar-refractivity contribution in [3.05, 3.63) is 95.8 Å². The maximum absolute atomic E-state index is 12.9. The lowest BCUT2D eigenvalue weighted by atomic mass is 10.0. The molecule has 0 aliphatic rings. The van der Waals surface area contributed by atoms with Crippen LogP contribution in [0.15, 0.2) is 83.8 Å². The quantitative estimate of drug-likeness (QED) is 0.465. The van der Waals surface area contributed by atoms with E-state index in [0.717, 1.165) is 12.1 Å². The number of carbonyl (C=O) groups excluding carboxylic acids is 1. The number of ether oxygens (including phenoxy) is 1. The van der Waals surface area contributed by atoms with Crippen molar-refractivity contribution in [2.45, 2.75) is 4.90 Å². The van der Waals surface area contributed by atoms with Crippen LogP contribution in [0.25, 0.3) is 0 Å². The Labute approximate surface area is 162 Å². The topological polar surface area (TPSA) is 72.5 Å². The number of halogens is 1. The molecule has 0 atom stereocenters. The second-order valence-corrected chi connectivity index (χ2v) is 7.69. The molecule has 0 heterocycles. The molecule has 7 heteroatoms. The molecule has 3 aromatic rings. The lowest BCUT2D eigenvalue weighted by Crippen LogP contribution is -2.28. The summed E-state index contributed by atoms with van der Waals surface area (Å²) in [4.78, 5) is 12.3. The number of hydrogen-bond donors (Lipinski definition) is 1. The molecular formula is C21H18FNO4S. The molecule has 0 aromatic heterocycles. The van der Waals surface area contributed by atoms with Gasteiger partial charge < -0.3 is 4.74 Å². The van der Waals surface area contributed by atoms with Gasteiger partial charge in [0.2, 0.25) is 10.0 Å². The smallest absolute Gasteiger partial charge is 0.240 e. The summed E-state index contributed by atoms with van der Waals surface area (Å²) in [5, 5.41) is 0. The minimum absolute atomic E-state index is 0.0160. The molecule has 0 saturated heterocycles. The third kappa shape index (κ3) is 5.03. The first kappa shape index (κ1) is 19.7. The van der Waals surface area contributed by atoms with Crippen LogP contribution in [0.1, 0.15) is 15.9 Å². The van der Waals surface area contributed by atoms with E-state index in [2.05, 4.69) is 4.72 Å². The van der Waals surface area contributed by atoms with E-state index in [4.69, 9.17) is 4.74 Å². The zero-order valence-electron chi connectivity index (χ0n) is 14.8. The summed E-state index contributed by atoms with van der Waals surface area (Å²) in [5.74, 6) is -0.0683. The lowest BCUT2D eigenvalue weighted by Gasteiger charge is -2.09. The Morgan fingerprint density at radius 1 is 0.857 bits per heavy atom. The largest absolute Gasteiger partial charge is 0.492 e. The average molecular weight is 399 g/mol. The van der Waals surface area contributed by atoms with Gasteiger partial charge in [0.25, 0.3) is 0 Å². The first-order valence-corrected chi connectivity index (χ1v) is 10.0. The van der Waals surface area contributed by atoms with E-state index >= 15 is 0 Å². The highest BCUT2D eigenvalue weighted by atomic mass is 32.2. The van der Waals surface area contributed by atoms with Crippen LogP contribution in [0.3, 0.4) is 0 Å². The van der Waals surface area contributed by atoms with Crippen molar-refractivity contribution < 1.29 is 22.3 Å². The Bertz CT molecular complexity index is 1030. The number of benzene rings is 3. The van der Waals surface area contributed by atoms with Crippen LogP contribution in [0.2, 0.25) is 0 Å². The lowest BCUT2D eigenvalue weighted by molar-refractivity contribution is 0.103. The number of hydrogen-bond acceptors (Lipinski definition) is 4. The molecule has 0 amide bonds. The van der Waals surface area contributed by atoms with Gasteiger partial charge in [0.15, 0.2) is 5.78 Å². The molecule has 1 N–H and O–H groups in total. The molecule has 28 heavy (non-hydrogen) atoms. The Kier molecular flexibility index (Phi) is 6.18. The van der Waals surface area contributed by atoms with Crippen LogP contribution in [0, 0.1) is 5.82 Å². The van der Waals surface area contributed by atoms with Gasteiger partial charge in [-0.05, 0) is 48.5 Å². The summed E-state index contributed by atoms with van der Waals surface area (Å²) in [6.45, 7) is 0.150. The van der Waals surface area contributed by atoms with Gasteiger partial charge >= 0.3 is 0 Å². The first-order valence-electron chi connectivity index (χ1n) is 8.53. The van der Waals surface area contributed by atoms with Crippen LogP contribution in [-0.4, -0.2) is 27.4 Å². The van der Waals surface area contributed by atoms with Crippen LogP contribution in [-0.2, 0) is 10.0 Å². The fourth-order valence-corrected chi connectivity index (χ4v) is 3.51. The van der Waals surface area contributed by atoms with Crippen molar-refractivity contribution >= 4 is 15.8 Å². The summed E-state index contributed by atoms with van der Waals surface area (Å²) in [5.41, 5.74) is 1.14. The molecule has 0 fully saturated rings. The van der Waals surface area contributed by atoms with Crippen LogP contribution >= 0.6 is 0 Å². The average Bonchev–Trinajstić information content (AvgIpc) is 2.72. The van der Waals surface area contributed by atoms with Gasteiger partial charge in [-0.3, -0.25) is 4.79 Å². The monoisotopic (exact) mass is 399 g/mol. The van der Waals surface area contributed by atoms with Gasteiger partial charge in [-0.1, -0.05) is 30.3 Å². The van der Waals surface area contributed by atoms with E-state index in [1.807, 2.05) is 6.07 Å². The summed E-state index contributed by atoms with van der Waals surface area (Å²) in [7, 11) is -3.72. The highest BCUT2D eigenvalue weighted by molar-refractivity contribution is 7.89. The molecule has 0 aliphatic carbocycles. The Morgan fingerprint density at radius 3 is 2.11 bits per heavy atom. The summed E-state index contributed by atoms with van der Waals surface area (Å²) in [6.07, 6.45) is 0. The van der Waals surface area contributed by atoms with Crippen LogP contribution in [0.4, 0.5) is 4.39 Å². The number of sulfonamides is 1. The standard InChI is InChI=1S/C21H18FNO4S/c22-18-8-12-20(13-9-18)28(25,26)23-14-15-27-19-10-6-17(7-11-19)21(24)16-4-2-1-3-5-16/h1-13,23H,14-15H2. The third-order valence-electron chi connectivity index (χ3n) is 3.94. The molecule has 0 saturated carbocycles. The molecule has 3 rings (SSSR count). The molecule has 5 nitrogen and oxygen atoms in total. The Morgan fingerprint density at radius 2 is 1.46 bits per heavy atom. The Hall–Kier alpha value is -3.03. The van der Waals surface area contributed by atoms with Gasteiger partial charge in [0.05, 0.1) is 4.90 Å². The van der Waals surface area contributed by atoms with Crippen LogP contribution in [0.5, 0.6) is 5.75 Å². The molecule has 3 aromatic carbocycles. The summed E-state index contributed by atoms with van der Waals surface area (Å²) in [6, 6.07) is 20.2. The van der Waals surface area contributed by atoms with E-state index in [9.17, 15) is 17.6 Å². The van der Waals surface area contributed by atoms with E-state index < -0.39 is 15.8 Å². The maximum Gasteiger partial charge on any atom is 0.240 e. The highest BCUT2D eigenvalue weighted by Gasteiger charge is 2.13. The number of ketones is 1. The van der Waals surface area contributed by atoms with Crippen molar-refractivity contribution in [3.63, 3.8) is 0 Å². The number of nitrogens with one attached hydrogen (secondary N) is 1. The van der Waals surface area contributed by atoms with E-state index in [-0.39, 0.29) is 23.8 Å². The fourth-order valence-electron chi connectivity index (χ4n) is 2.50. The summed E-state index contributed by atoms with van der Waals surface area (Å²) < 4.78 is 44.9. The van der Waals surface area contributed by atoms with Gasteiger partial charge in [0.1, 0.15) is 18.2 Å². The third-order valence-corrected chi connectivity index (χ3v) is 5.42. The number of rotatable bonds is 8. The van der Waals surface area contributed by atoms with Gasteiger partial charge in [-0.2, -0.15) is 0 Å². The second-order valence-electron chi connectivity index (χ2n) is 5.92. The minimum Gasteiger partial charge on any atom is -0.492 e. The van der Waals surface area contributed by atoms with E-state index in [1.165, 1.54) is 12.1 Å². The van der Waals surface area contributed by atoms with Crippen molar-refractivity contribution in [2.24, 2.45) is 0 Å². The zero-order chi connectivity index (χ0) is 20.0. The van der Waals surface area contributed by atoms with Gasteiger partial charge in [-0.25, -0.2) is 17.5 Å². The normalized spacial score (nSPS) is 11.2. The predicted octanol–water partition coefficient (Wildman–Crippen LogP) is 3.41. The SMILES string of the molecule is O=C(c1ccccc1)c1ccc(OCCNS(=O)(=O)c2ccc(F)cc2)cc1. The molecular weight excluding hydrogens is 381 g/mol. The van der Waals surface area contributed by atoms with Crippen LogP contribution < -0.4 is 9.46 Å². The second kappa shape index (κ2) is 8.77. The van der Waals surface area contributed by atoms with Crippen molar-refractivity contribution in [1.82, 2.24) is 4.72 Å². The van der Waals surface area contributed by atoms with Gasteiger partial charge in [-0.15, -0.1) is 0 Å². The van der Waals surface area contributed by atoms with E-state index in [1.54, 1.807) is 48.5 Å². The number of carbonyl (C=O) groups is 1. The summed E-state index contributed by atoms with van der Waals surface area (Å²) >= 11 is 0. The predicted molar refractivity (Wildman–Crippen MR) is 103 cm³/mol. The van der Waals surface area contributed by atoms with E-state index in [0.29, 0.717) is 16.9 Å². The molecule has 0 aliphatic heterocycles. The molecule has 0 spiro atoms. The molecule has 0 radical (unpaired) electrons. The van der Waals surface area contributed by atoms with Gasteiger partial charge in [0, 0.05) is 17.7 Å². The fraction of sp³-hybridized carbons (Fsp3) is 0.0952. The molecule has 0 bridgehead atoms. The first-order chi connectivity index (χ1) is 13.5. The van der Waals surface area contributed by atoms with Crippen molar-refractivity contribution in [1.29, 1.82) is 0 Å².